The Bertz CT molecular complexity index is 818. The molecule has 138 valence electrons. The number of benzene rings is 1. The fraction of sp³-hybridized carbons (Fsp3) is 0.500. The minimum atomic E-state index is -0.555. The summed E-state index contributed by atoms with van der Waals surface area (Å²) in [5.41, 5.74) is 1.03. The van der Waals surface area contributed by atoms with E-state index in [2.05, 4.69) is 15.6 Å². The number of aromatic nitrogens is 1. The molecule has 0 spiro atoms. The topological polar surface area (TPSA) is 77.2 Å². The van der Waals surface area contributed by atoms with Crippen molar-refractivity contribution in [2.75, 3.05) is 13.1 Å². The highest BCUT2D eigenvalue weighted by atomic mass is 16.2. The number of amides is 2. The Morgan fingerprint density at radius 1 is 1.27 bits per heavy atom. The van der Waals surface area contributed by atoms with Crippen molar-refractivity contribution in [2.24, 2.45) is 5.41 Å². The van der Waals surface area contributed by atoms with E-state index >= 15 is 0 Å². The van der Waals surface area contributed by atoms with Gasteiger partial charge >= 0.3 is 0 Å². The number of nitrogens with one attached hydrogen (secondary N) is 3. The van der Waals surface area contributed by atoms with E-state index < -0.39 is 6.04 Å². The first-order valence-corrected chi connectivity index (χ1v) is 9.25. The third kappa shape index (κ3) is 2.98. The van der Waals surface area contributed by atoms with Crippen LogP contribution in [0.3, 0.4) is 0 Å². The van der Waals surface area contributed by atoms with Crippen molar-refractivity contribution < 1.29 is 9.59 Å². The zero-order chi connectivity index (χ0) is 18.5. The summed E-state index contributed by atoms with van der Waals surface area (Å²) in [4.78, 5) is 31.1. The number of hydrogen-bond acceptors (Lipinski definition) is 3. The minimum absolute atomic E-state index is 0.0240. The summed E-state index contributed by atoms with van der Waals surface area (Å²) in [6.07, 6.45) is 1.01. The zero-order valence-electron chi connectivity index (χ0n) is 15.5. The van der Waals surface area contributed by atoms with E-state index in [-0.39, 0.29) is 23.3 Å². The molecule has 0 radical (unpaired) electrons. The standard InChI is InChI=1S/C20H26N4O2/c1-20(2,3)17(19(26)24-11-13-9-14(24)10-21-13)23-18(25)16-8-12-6-4-5-7-15(12)22-16/h4-8,13-14,17,21-22H,9-11H2,1-3H3,(H,23,25). The van der Waals surface area contributed by atoms with E-state index in [0.29, 0.717) is 11.7 Å². The Hall–Kier alpha value is -2.34. The number of hydrogen-bond donors (Lipinski definition) is 3. The van der Waals surface area contributed by atoms with Crippen LogP contribution in [0.2, 0.25) is 0 Å². The van der Waals surface area contributed by atoms with Crippen molar-refractivity contribution in [3.63, 3.8) is 0 Å². The maximum Gasteiger partial charge on any atom is 0.268 e. The lowest BCUT2D eigenvalue weighted by Crippen LogP contribution is -2.58. The molecule has 2 bridgehead atoms. The molecule has 2 aromatic rings. The first kappa shape index (κ1) is 17.1. The highest BCUT2D eigenvalue weighted by Gasteiger charge is 2.45. The molecule has 3 atom stereocenters. The number of carbonyl (C=O) groups excluding carboxylic acids is 2. The lowest BCUT2D eigenvalue weighted by atomic mass is 9.85. The summed E-state index contributed by atoms with van der Waals surface area (Å²) >= 11 is 0. The van der Waals surface area contributed by atoms with Gasteiger partial charge in [0.1, 0.15) is 11.7 Å². The summed E-state index contributed by atoms with van der Waals surface area (Å²) < 4.78 is 0. The lowest BCUT2D eigenvalue weighted by molar-refractivity contribution is -0.137. The molecule has 1 aromatic heterocycles. The first-order valence-electron chi connectivity index (χ1n) is 9.25. The summed E-state index contributed by atoms with van der Waals surface area (Å²) in [5, 5.41) is 7.39. The number of rotatable bonds is 3. The van der Waals surface area contributed by atoms with Gasteiger partial charge in [0.05, 0.1) is 0 Å². The van der Waals surface area contributed by atoms with Gasteiger partial charge in [0.25, 0.3) is 5.91 Å². The molecule has 2 fully saturated rings. The van der Waals surface area contributed by atoms with Crippen LogP contribution in [0.15, 0.2) is 30.3 Å². The number of carbonyl (C=O) groups is 2. The Kier molecular flexibility index (Phi) is 4.03. The zero-order valence-corrected chi connectivity index (χ0v) is 15.5. The number of likely N-dealkylation sites (tertiary alicyclic amines) is 1. The van der Waals surface area contributed by atoms with E-state index in [1.165, 1.54) is 0 Å². The van der Waals surface area contributed by atoms with Crippen molar-refractivity contribution in [1.29, 1.82) is 0 Å². The number of fused-ring (bicyclic) bond motifs is 3. The summed E-state index contributed by atoms with van der Waals surface area (Å²) in [5.74, 6) is -0.215. The molecule has 3 unspecified atom stereocenters. The van der Waals surface area contributed by atoms with Crippen LogP contribution in [0.4, 0.5) is 0 Å². The second kappa shape index (κ2) is 6.13. The molecule has 26 heavy (non-hydrogen) atoms. The van der Waals surface area contributed by atoms with Crippen LogP contribution >= 0.6 is 0 Å². The largest absolute Gasteiger partial charge is 0.351 e. The predicted molar refractivity (Wildman–Crippen MR) is 101 cm³/mol. The van der Waals surface area contributed by atoms with E-state index in [9.17, 15) is 9.59 Å². The van der Waals surface area contributed by atoms with Crippen LogP contribution < -0.4 is 10.6 Å². The van der Waals surface area contributed by atoms with Crippen molar-refractivity contribution in [3.05, 3.63) is 36.0 Å². The van der Waals surface area contributed by atoms with Gasteiger partial charge in [-0.15, -0.1) is 0 Å². The Balaban J connectivity index is 1.55. The van der Waals surface area contributed by atoms with Gasteiger partial charge in [-0.25, -0.2) is 0 Å². The van der Waals surface area contributed by atoms with Gasteiger partial charge in [0.2, 0.25) is 5.91 Å². The first-order chi connectivity index (χ1) is 12.3. The molecule has 1 aromatic carbocycles. The molecular weight excluding hydrogens is 328 g/mol. The SMILES string of the molecule is CC(C)(C)C(NC(=O)c1cc2ccccc2[nH]1)C(=O)N1CC2CC1CN2. The fourth-order valence-electron chi connectivity index (χ4n) is 4.05. The average molecular weight is 354 g/mol. The monoisotopic (exact) mass is 354 g/mol. The number of piperazine rings is 1. The lowest BCUT2D eigenvalue weighted by Gasteiger charge is -2.36. The molecule has 6 heteroatoms. The quantitative estimate of drug-likeness (QED) is 0.788. The maximum absolute atomic E-state index is 13.2. The van der Waals surface area contributed by atoms with Gasteiger partial charge in [-0.1, -0.05) is 39.0 Å². The van der Waals surface area contributed by atoms with Crippen LogP contribution in [0.1, 0.15) is 37.7 Å². The molecule has 2 aliphatic rings. The van der Waals surface area contributed by atoms with Crippen molar-refractivity contribution >= 4 is 22.7 Å². The molecule has 0 saturated carbocycles. The maximum atomic E-state index is 13.2. The summed E-state index contributed by atoms with van der Waals surface area (Å²) in [6.45, 7) is 7.57. The number of para-hydroxylation sites is 1. The fourth-order valence-corrected chi connectivity index (χ4v) is 4.05. The van der Waals surface area contributed by atoms with Crippen LogP contribution in [0, 0.1) is 5.41 Å². The normalized spacial score (nSPS) is 23.4. The van der Waals surface area contributed by atoms with E-state index in [0.717, 1.165) is 30.4 Å². The Morgan fingerprint density at radius 2 is 2.04 bits per heavy atom. The van der Waals surface area contributed by atoms with Gasteiger partial charge in [0.15, 0.2) is 0 Å². The second-order valence-electron chi connectivity index (χ2n) is 8.53. The smallest absolute Gasteiger partial charge is 0.268 e. The van der Waals surface area contributed by atoms with Crippen LogP contribution in [0.25, 0.3) is 10.9 Å². The molecule has 3 heterocycles. The molecular formula is C20H26N4O2. The Labute approximate surface area is 153 Å². The molecule has 2 saturated heterocycles. The molecule has 3 N–H and O–H groups in total. The van der Waals surface area contributed by atoms with Crippen LogP contribution in [-0.4, -0.2) is 52.9 Å². The van der Waals surface area contributed by atoms with Crippen molar-refractivity contribution in [3.8, 4) is 0 Å². The minimum Gasteiger partial charge on any atom is -0.351 e. The van der Waals surface area contributed by atoms with Gasteiger partial charge in [-0.3, -0.25) is 9.59 Å². The van der Waals surface area contributed by atoms with Crippen molar-refractivity contribution in [1.82, 2.24) is 20.5 Å². The second-order valence-corrected chi connectivity index (χ2v) is 8.53. The third-order valence-corrected chi connectivity index (χ3v) is 5.50. The van der Waals surface area contributed by atoms with Gasteiger partial charge in [0, 0.05) is 36.1 Å². The molecule has 2 amide bonds. The van der Waals surface area contributed by atoms with Gasteiger partial charge in [-0.2, -0.15) is 0 Å². The van der Waals surface area contributed by atoms with E-state index in [1.807, 2.05) is 56.0 Å². The van der Waals surface area contributed by atoms with Gasteiger partial charge < -0.3 is 20.5 Å². The van der Waals surface area contributed by atoms with Gasteiger partial charge in [-0.05, 0) is 24.0 Å². The number of nitrogens with zero attached hydrogens (tertiary/aromatic N) is 1. The highest BCUT2D eigenvalue weighted by Crippen LogP contribution is 2.28. The number of H-pyrrole nitrogens is 1. The molecule has 2 aliphatic heterocycles. The molecule has 0 aliphatic carbocycles. The highest BCUT2D eigenvalue weighted by molar-refractivity contribution is 6.00. The van der Waals surface area contributed by atoms with Crippen LogP contribution in [-0.2, 0) is 4.79 Å². The predicted octanol–water partition coefficient (Wildman–Crippen LogP) is 1.89. The van der Waals surface area contributed by atoms with Crippen LogP contribution in [0.5, 0.6) is 0 Å². The van der Waals surface area contributed by atoms with E-state index in [1.54, 1.807) is 0 Å². The molecule has 6 nitrogen and oxygen atoms in total. The third-order valence-electron chi connectivity index (χ3n) is 5.50. The summed E-state index contributed by atoms with van der Waals surface area (Å²) in [7, 11) is 0. The number of aromatic amines is 1. The average Bonchev–Trinajstić information content (AvgIpc) is 3.31. The molecule has 4 rings (SSSR count). The van der Waals surface area contributed by atoms with Crippen molar-refractivity contribution in [2.45, 2.75) is 45.3 Å². The van der Waals surface area contributed by atoms with E-state index in [4.69, 9.17) is 0 Å². The summed E-state index contributed by atoms with van der Waals surface area (Å²) in [6, 6.07) is 9.69. The Morgan fingerprint density at radius 3 is 2.65 bits per heavy atom.